The first-order valence-electron chi connectivity index (χ1n) is 10.2. The van der Waals surface area contributed by atoms with E-state index in [0.717, 1.165) is 29.7 Å². The Hall–Kier alpha value is -3.52. The third kappa shape index (κ3) is 4.64. The van der Waals surface area contributed by atoms with Crippen LogP contribution in [0.25, 0.3) is 11.3 Å². The quantitative estimate of drug-likeness (QED) is 0.505. The van der Waals surface area contributed by atoms with Crippen molar-refractivity contribution in [2.24, 2.45) is 5.10 Å². The van der Waals surface area contributed by atoms with E-state index in [4.69, 9.17) is 10.5 Å². The zero-order chi connectivity index (χ0) is 21.8. The topological polar surface area (TPSA) is 97.5 Å². The SMILES string of the molecule is CCCNCc1ccc(C2NN=C(c3nc(-c4ccc(C)cc4)cnc3N)O2)c(F)c1. The second-order valence-corrected chi connectivity index (χ2v) is 7.43. The van der Waals surface area contributed by atoms with E-state index in [1.54, 1.807) is 12.3 Å². The number of ether oxygens (including phenoxy) is 1. The van der Waals surface area contributed by atoms with Crippen LogP contribution in [0.2, 0.25) is 0 Å². The van der Waals surface area contributed by atoms with Crippen LogP contribution in [0.5, 0.6) is 0 Å². The lowest BCUT2D eigenvalue weighted by atomic mass is 10.1. The summed E-state index contributed by atoms with van der Waals surface area (Å²) in [5, 5.41) is 7.44. The first kappa shape index (κ1) is 20.7. The van der Waals surface area contributed by atoms with Crippen molar-refractivity contribution in [2.75, 3.05) is 12.3 Å². The van der Waals surface area contributed by atoms with Gasteiger partial charge < -0.3 is 15.8 Å². The maximum Gasteiger partial charge on any atom is 0.263 e. The lowest BCUT2D eigenvalue weighted by molar-refractivity contribution is 0.186. The smallest absolute Gasteiger partial charge is 0.263 e. The average molecular weight is 420 g/mol. The lowest BCUT2D eigenvalue weighted by Crippen LogP contribution is -2.17. The molecule has 160 valence electrons. The van der Waals surface area contributed by atoms with Gasteiger partial charge in [0.25, 0.3) is 5.90 Å². The van der Waals surface area contributed by atoms with E-state index >= 15 is 0 Å². The van der Waals surface area contributed by atoms with Crippen molar-refractivity contribution in [3.63, 3.8) is 0 Å². The van der Waals surface area contributed by atoms with Gasteiger partial charge in [-0.1, -0.05) is 48.9 Å². The first-order valence-corrected chi connectivity index (χ1v) is 10.2. The van der Waals surface area contributed by atoms with Gasteiger partial charge in [-0.2, -0.15) is 0 Å². The molecule has 3 aromatic rings. The highest BCUT2D eigenvalue weighted by molar-refractivity contribution is 5.97. The number of nitrogens with two attached hydrogens (primary N) is 1. The molecule has 0 radical (unpaired) electrons. The predicted molar refractivity (Wildman–Crippen MR) is 119 cm³/mol. The third-order valence-corrected chi connectivity index (χ3v) is 4.97. The second-order valence-electron chi connectivity index (χ2n) is 7.43. The molecule has 1 unspecified atom stereocenters. The molecule has 1 aliphatic heterocycles. The molecule has 7 nitrogen and oxygen atoms in total. The minimum Gasteiger partial charge on any atom is -0.445 e. The molecule has 0 saturated carbocycles. The number of nitrogens with one attached hydrogen (secondary N) is 2. The van der Waals surface area contributed by atoms with Gasteiger partial charge >= 0.3 is 0 Å². The number of aryl methyl sites for hydroxylation is 1. The Bertz CT molecular complexity index is 1100. The number of nitrogen functional groups attached to an aromatic ring is 1. The van der Waals surface area contributed by atoms with Crippen LogP contribution in [-0.2, 0) is 11.3 Å². The molecule has 0 fully saturated rings. The second kappa shape index (κ2) is 9.09. The molecule has 4 rings (SSSR count). The molecule has 31 heavy (non-hydrogen) atoms. The van der Waals surface area contributed by atoms with E-state index in [1.165, 1.54) is 6.07 Å². The molecule has 1 aromatic heterocycles. The summed E-state index contributed by atoms with van der Waals surface area (Å²) in [4.78, 5) is 8.81. The van der Waals surface area contributed by atoms with Crippen LogP contribution < -0.4 is 16.5 Å². The zero-order valence-corrected chi connectivity index (χ0v) is 17.5. The molecule has 0 saturated heterocycles. The van der Waals surface area contributed by atoms with E-state index in [9.17, 15) is 4.39 Å². The normalized spacial score (nSPS) is 15.3. The van der Waals surface area contributed by atoms with E-state index in [1.807, 2.05) is 37.3 Å². The van der Waals surface area contributed by atoms with E-state index in [2.05, 4.69) is 32.7 Å². The van der Waals surface area contributed by atoms with E-state index in [-0.39, 0.29) is 17.5 Å². The molecule has 0 spiro atoms. The van der Waals surface area contributed by atoms with Crippen LogP contribution in [0.15, 0.2) is 53.8 Å². The van der Waals surface area contributed by atoms with Crippen molar-refractivity contribution in [1.82, 2.24) is 20.7 Å². The van der Waals surface area contributed by atoms with Crippen molar-refractivity contribution in [3.8, 4) is 11.3 Å². The Morgan fingerprint density at radius 2 is 2.00 bits per heavy atom. The van der Waals surface area contributed by atoms with Crippen LogP contribution in [0.1, 0.15) is 42.0 Å². The summed E-state index contributed by atoms with van der Waals surface area (Å²) in [5.74, 6) is 0.00383. The highest BCUT2D eigenvalue weighted by atomic mass is 19.1. The van der Waals surface area contributed by atoms with Gasteiger partial charge in [-0.05, 0) is 31.5 Å². The van der Waals surface area contributed by atoms with Crippen LogP contribution in [-0.4, -0.2) is 22.4 Å². The van der Waals surface area contributed by atoms with Gasteiger partial charge in [0.15, 0.2) is 11.5 Å². The highest BCUT2D eigenvalue weighted by Gasteiger charge is 2.27. The Morgan fingerprint density at radius 3 is 2.74 bits per heavy atom. The average Bonchev–Trinajstić information content (AvgIpc) is 3.25. The molecular weight excluding hydrogens is 395 g/mol. The lowest BCUT2D eigenvalue weighted by Gasteiger charge is -2.14. The van der Waals surface area contributed by atoms with Gasteiger partial charge in [0.1, 0.15) is 5.82 Å². The van der Waals surface area contributed by atoms with Gasteiger partial charge in [0.05, 0.1) is 17.5 Å². The number of hydrogen-bond acceptors (Lipinski definition) is 7. The zero-order valence-electron chi connectivity index (χ0n) is 17.5. The van der Waals surface area contributed by atoms with Crippen LogP contribution in [0.4, 0.5) is 10.2 Å². The number of nitrogens with zero attached hydrogens (tertiary/aromatic N) is 3. The fourth-order valence-corrected chi connectivity index (χ4v) is 3.25. The van der Waals surface area contributed by atoms with Crippen molar-refractivity contribution in [2.45, 2.75) is 33.0 Å². The maximum absolute atomic E-state index is 14.7. The van der Waals surface area contributed by atoms with Crippen molar-refractivity contribution >= 4 is 11.7 Å². The molecule has 1 aliphatic rings. The van der Waals surface area contributed by atoms with Crippen LogP contribution in [0, 0.1) is 12.7 Å². The minimum absolute atomic E-state index is 0.178. The molecule has 8 heteroatoms. The highest BCUT2D eigenvalue weighted by Crippen LogP contribution is 2.26. The Kier molecular flexibility index (Phi) is 6.08. The molecule has 2 heterocycles. The summed E-state index contributed by atoms with van der Waals surface area (Å²) in [5.41, 5.74) is 13.1. The fourth-order valence-electron chi connectivity index (χ4n) is 3.25. The van der Waals surface area contributed by atoms with Gasteiger partial charge in [0.2, 0.25) is 6.23 Å². The Morgan fingerprint density at radius 1 is 1.19 bits per heavy atom. The summed E-state index contributed by atoms with van der Waals surface area (Å²) in [6.07, 6.45) is 1.86. The van der Waals surface area contributed by atoms with Gasteiger partial charge in [-0.3, -0.25) is 5.43 Å². The molecule has 2 aromatic carbocycles. The number of aromatic nitrogens is 2. The van der Waals surface area contributed by atoms with E-state index < -0.39 is 6.23 Å². The van der Waals surface area contributed by atoms with Gasteiger partial charge in [0, 0.05) is 12.1 Å². The summed E-state index contributed by atoms with van der Waals surface area (Å²) < 4.78 is 20.5. The maximum atomic E-state index is 14.7. The molecule has 0 aliphatic carbocycles. The molecule has 0 amide bonds. The molecule has 1 atom stereocenters. The number of hydrazone groups is 1. The largest absolute Gasteiger partial charge is 0.445 e. The molecule has 4 N–H and O–H groups in total. The number of anilines is 1. The van der Waals surface area contributed by atoms with Crippen LogP contribution >= 0.6 is 0 Å². The van der Waals surface area contributed by atoms with Gasteiger partial charge in [-0.25, -0.2) is 14.4 Å². The standard InChI is InChI=1S/C23H25FN6O/c1-3-10-26-12-15-6-9-17(18(24)11-15)22-29-30-23(31-22)20-21(25)27-13-19(28-20)16-7-4-14(2)5-8-16/h4-9,11,13,22,26,29H,3,10,12H2,1-2H3,(H2,25,27). The predicted octanol–water partition coefficient (Wildman–Crippen LogP) is 3.65. The molecule has 0 bridgehead atoms. The number of hydrogen-bond donors (Lipinski definition) is 3. The van der Waals surface area contributed by atoms with Crippen molar-refractivity contribution in [1.29, 1.82) is 0 Å². The molecular formula is C23H25FN6O. The van der Waals surface area contributed by atoms with Crippen LogP contribution in [0.3, 0.4) is 0 Å². The van der Waals surface area contributed by atoms with Crippen molar-refractivity contribution in [3.05, 3.63) is 76.9 Å². The summed E-state index contributed by atoms with van der Waals surface area (Å²) in [6.45, 7) is 5.61. The number of benzene rings is 2. The number of halogens is 1. The number of rotatable bonds is 7. The monoisotopic (exact) mass is 420 g/mol. The van der Waals surface area contributed by atoms with E-state index in [0.29, 0.717) is 23.5 Å². The van der Waals surface area contributed by atoms with Crippen molar-refractivity contribution < 1.29 is 9.13 Å². The first-order chi connectivity index (χ1) is 15.0. The Labute approximate surface area is 180 Å². The van der Waals surface area contributed by atoms with Gasteiger partial charge in [-0.15, -0.1) is 5.10 Å². The third-order valence-electron chi connectivity index (χ3n) is 4.97. The fraction of sp³-hybridized carbons (Fsp3) is 0.261. The minimum atomic E-state index is -0.767. The summed E-state index contributed by atoms with van der Waals surface area (Å²) in [7, 11) is 0. The summed E-state index contributed by atoms with van der Waals surface area (Å²) in [6, 6.07) is 13.0. The Balaban J connectivity index is 1.51. The summed E-state index contributed by atoms with van der Waals surface area (Å²) >= 11 is 0.